The first kappa shape index (κ1) is 12.5. The summed E-state index contributed by atoms with van der Waals surface area (Å²) in [6.45, 7) is 3.33. The molecule has 102 valence electrons. The molecule has 0 spiro atoms. The van der Waals surface area contributed by atoms with Gasteiger partial charge >= 0.3 is 0 Å². The number of anilines is 1. The number of rotatable bonds is 4. The number of nitrogens with one attached hydrogen (secondary N) is 1. The summed E-state index contributed by atoms with van der Waals surface area (Å²) in [5.74, 6) is 1.11. The van der Waals surface area contributed by atoms with Gasteiger partial charge in [-0.2, -0.15) is 0 Å². The van der Waals surface area contributed by atoms with Gasteiger partial charge in [0.25, 0.3) is 0 Å². The van der Waals surface area contributed by atoms with Gasteiger partial charge in [0, 0.05) is 18.8 Å². The van der Waals surface area contributed by atoms with Gasteiger partial charge in [-0.3, -0.25) is 0 Å². The standard InChI is InChI=1S/C15H22N4/c1-2-10-19(12-6-4-3-5-7-12)15-13-8-9-16-14(13)17-11-18-15/h8-9,11-12H,2-7,10H2,1H3,(H,16,17,18). The Kier molecular flexibility index (Phi) is 3.67. The molecule has 3 rings (SSSR count). The van der Waals surface area contributed by atoms with Crippen LogP contribution in [0.15, 0.2) is 18.6 Å². The highest BCUT2D eigenvalue weighted by atomic mass is 15.2. The van der Waals surface area contributed by atoms with Gasteiger partial charge < -0.3 is 9.88 Å². The Morgan fingerprint density at radius 1 is 1.26 bits per heavy atom. The molecule has 0 aromatic carbocycles. The molecule has 0 amide bonds. The SMILES string of the molecule is CCCN(c1ncnc2[nH]ccc12)C1CCCCC1. The average Bonchev–Trinajstić information content (AvgIpc) is 2.94. The van der Waals surface area contributed by atoms with Gasteiger partial charge in [-0.1, -0.05) is 26.2 Å². The summed E-state index contributed by atoms with van der Waals surface area (Å²) in [4.78, 5) is 14.6. The van der Waals surface area contributed by atoms with Crippen LogP contribution < -0.4 is 4.90 Å². The zero-order valence-corrected chi connectivity index (χ0v) is 11.6. The van der Waals surface area contributed by atoms with Crippen LogP contribution in [0.1, 0.15) is 45.4 Å². The second-order valence-electron chi connectivity index (χ2n) is 5.42. The smallest absolute Gasteiger partial charge is 0.142 e. The summed E-state index contributed by atoms with van der Waals surface area (Å²) in [5, 5.41) is 1.15. The molecule has 1 saturated carbocycles. The van der Waals surface area contributed by atoms with E-state index < -0.39 is 0 Å². The van der Waals surface area contributed by atoms with E-state index in [1.54, 1.807) is 6.33 Å². The molecular weight excluding hydrogens is 236 g/mol. The van der Waals surface area contributed by atoms with E-state index in [1.807, 2.05) is 6.20 Å². The van der Waals surface area contributed by atoms with E-state index in [0.29, 0.717) is 6.04 Å². The molecule has 0 aliphatic heterocycles. The zero-order valence-electron chi connectivity index (χ0n) is 11.6. The van der Waals surface area contributed by atoms with E-state index in [0.717, 1.165) is 29.8 Å². The normalized spacial score (nSPS) is 16.9. The van der Waals surface area contributed by atoms with Crippen molar-refractivity contribution in [3.63, 3.8) is 0 Å². The topological polar surface area (TPSA) is 44.8 Å². The van der Waals surface area contributed by atoms with Crippen molar-refractivity contribution in [2.45, 2.75) is 51.5 Å². The van der Waals surface area contributed by atoms with Crippen LogP contribution in [0.5, 0.6) is 0 Å². The van der Waals surface area contributed by atoms with Crippen LogP contribution in [0.25, 0.3) is 11.0 Å². The van der Waals surface area contributed by atoms with Crippen molar-refractivity contribution in [1.29, 1.82) is 0 Å². The number of fused-ring (bicyclic) bond motifs is 1. The summed E-state index contributed by atoms with van der Waals surface area (Å²) in [6.07, 6.45) is 11.5. The molecule has 0 radical (unpaired) electrons. The number of hydrogen-bond acceptors (Lipinski definition) is 3. The van der Waals surface area contributed by atoms with Crippen LogP contribution in [0.4, 0.5) is 5.82 Å². The summed E-state index contributed by atoms with van der Waals surface area (Å²) in [5.41, 5.74) is 0.946. The van der Waals surface area contributed by atoms with Crippen LogP contribution in [0.2, 0.25) is 0 Å². The van der Waals surface area contributed by atoms with Crippen molar-refractivity contribution in [2.24, 2.45) is 0 Å². The molecule has 1 fully saturated rings. The molecule has 1 aliphatic carbocycles. The summed E-state index contributed by atoms with van der Waals surface area (Å²) >= 11 is 0. The van der Waals surface area contributed by atoms with Crippen LogP contribution >= 0.6 is 0 Å². The molecule has 2 heterocycles. The highest BCUT2D eigenvalue weighted by molar-refractivity contribution is 5.87. The lowest BCUT2D eigenvalue weighted by atomic mass is 9.94. The second-order valence-corrected chi connectivity index (χ2v) is 5.42. The predicted molar refractivity (Wildman–Crippen MR) is 78.4 cm³/mol. The zero-order chi connectivity index (χ0) is 13.1. The first-order chi connectivity index (χ1) is 9.40. The lowest BCUT2D eigenvalue weighted by molar-refractivity contribution is 0.412. The fraction of sp³-hybridized carbons (Fsp3) is 0.600. The van der Waals surface area contributed by atoms with Crippen LogP contribution in [-0.2, 0) is 0 Å². The molecule has 0 saturated heterocycles. The fourth-order valence-corrected chi connectivity index (χ4v) is 3.18. The molecule has 0 atom stereocenters. The maximum Gasteiger partial charge on any atom is 0.142 e. The van der Waals surface area contributed by atoms with E-state index in [9.17, 15) is 0 Å². The largest absolute Gasteiger partial charge is 0.353 e. The van der Waals surface area contributed by atoms with Gasteiger partial charge in [0.1, 0.15) is 17.8 Å². The number of hydrogen-bond donors (Lipinski definition) is 1. The summed E-state index contributed by atoms with van der Waals surface area (Å²) in [6, 6.07) is 2.75. The van der Waals surface area contributed by atoms with E-state index in [-0.39, 0.29) is 0 Å². The Labute approximate surface area is 114 Å². The van der Waals surface area contributed by atoms with E-state index in [4.69, 9.17) is 0 Å². The van der Waals surface area contributed by atoms with Crippen molar-refractivity contribution in [2.75, 3.05) is 11.4 Å². The maximum absolute atomic E-state index is 4.57. The lowest BCUT2D eigenvalue weighted by Crippen LogP contribution is -2.38. The van der Waals surface area contributed by atoms with Gasteiger partial charge in [0.05, 0.1) is 5.39 Å². The highest BCUT2D eigenvalue weighted by Crippen LogP contribution is 2.30. The Bertz CT molecular complexity index is 528. The predicted octanol–water partition coefficient (Wildman–Crippen LogP) is 3.51. The average molecular weight is 258 g/mol. The minimum absolute atomic E-state index is 0.654. The molecule has 0 unspecified atom stereocenters. The lowest BCUT2D eigenvalue weighted by Gasteiger charge is -2.35. The molecule has 4 heteroatoms. The fourth-order valence-electron chi connectivity index (χ4n) is 3.18. The monoisotopic (exact) mass is 258 g/mol. The molecule has 4 nitrogen and oxygen atoms in total. The number of nitrogens with zero attached hydrogens (tertiary/aromatic N) is 3. The maximum atomic E-state index is 4.57. The number of aromatic nitrogens is 3. The third kappa shape index (κ3) is 2.44. The first-order valence-electron chi connectivity index (χ1n) is 7.45. The van der Waals surface area contributed by atoms with Gasteiger partial charge in [-0.05, 0) is 25.3 Å². The van der Waals surface area contributed by atoms with Crippen molar-refractivity contribution < 1.29 is 0 Å². The minimum Gasteiger partial charge on any atom is -0.353 e. The molecule has 1 N–H and O–H groups in total. The Morgan fingerprint density at radius 2 is 2.11 bits per heavy atom. The summed E-state index contributed by atoms with van der Waals surface area (Å²) in [7, 11) is 0. The molecule has 2 aromatic heterocycles. The van der Waals surface area contributed by atoms with Crippen molar-refractivity contribution >= 4 is 16.9 Å². The minimum atomic E-state index is 0.654. The van der Waals surface area contributed by atoms with Gasteiger partial charge in [-0.15, -0.1) is 0 Å². The van der Waals surface area contributed by atoms with Gasteiger partial charge in [-0.25, -0.2) is 9.97 Å². The van der Waals surface area contributed by atoms with Gasteiger partial charge in [0.15, 0.2) is 0 Å². The first-order valence-corrected chi connectivity index (χ1v) is 7.45. The van der Waals surface area contributed by atoms with Crippen LogP contribution in [0, 0.1) is 0 Å². The number of aromatic amines is 1. The van der Waals surface area contributed by atoms with Crippen molar-refractivity contribution in [3.05, 3.63) is 18.6 Å². The Morgan fingerprint density at radius 3 is 2.89 bits per heavy atom. The second kappa shape index (κ2) is 5.59. The molecular formula is C15H22N4. The molecule has 2 aromatic rings. The number of H-pyrrole nitrogens is 1. The molecule has 1 aliphatic rings. The quantitative estimate of drug-likeness (QED) is 0.912. The van der Waals surface area contributed by atoms with Crippen molar-refractivity contribution in [3.8, 4) is 0 Å². The van der Waals surface area contributed by atoms with Crippen molar-refractivity contribution in [1.82, 2.24) is 15.0 Å². The van der Waals surface area contributed by atoms with Crippen LogP contribution in [-0.4, -0.2) is 27.5 Å². The highest BCUT2D eigenvalue weighted by Gasteiger charge is 2.23. The molecule has 19 heavy (non-hydrogen) atoms. The van der Waals surface area contributed by atoms with E-state index in [1.165, 1.54) is 32.1 Å². The van der Waals surface area contributed by atoms with E-state index >= 15 is 0 Å². The summed E-state index contributed by atoms with van der Waals surface area (Å²) < 4.78 is 0. The van der Waals surface area contributed by atoms with E-state index in [2.05, 4.69) is 32.8 Å². The Balaban J connectivity index is 1.96. The third-order valence-corrected chi connectivity index (χ3v) is 4.08. The molecule has 0 bridgehead atoms. The third-order valence-electron chi connectivity index (χ3n) is 4.08. The van der Waals surface area contributed by atoms with Gasteiger partial charge in [0.2, 0.25) is 0 Å². The Hall–Kier alpha value is -1.58. The van der Waals surface area contributed by atoms with Crippen LogP contribution in [0.3, 0.4) is 0 Å².